The van der Waals surface area contributed by atoms with Gasteiger partial charge in [0.1, 0.15) is 42.1 Å². The molecule has 121 heavy (non-hydrogen) atoms. The molecule has 0 radical (unpaired) electrons. The van der Waals surface area contributed by atoms with E-state index in [1.165, 1.54) is 0 Å². The molecule has 30 nitrogen and oxygen atoms in total. The van der Waals surface area contributed by atoms with Crippen molar-refractivity contribution in [3.05, 3.63) is 236 Å². The fraction of sp³-hybridized carbons (Fsp3) is 0.322. The minimum Gasteiger partial charge on any atom is -0.388 e. The monoisotopic (exact) mass is 1730 g/mol. The van der Waals surface area contributed by atoms with Gasteiger partial charge in [0.05, 0.1) is 57.2 Å². The molecule has 11 rings (SSSR count). The molecule has 0 saturated carbocycles. The number of nitrogens with two attached hydrogens (primary N) is 4. The second-order valence-electron chi connectivity index (χ2n) is 29.1. The smallest absolute Gasteiger partial charge is 0.251 e. The van der Waals surface area contributed by atoms with E-state index in [-0.39, 0.29) is 77.1 Å². The largest absolute Gasteiger partial charge is 0.388 e. The molecule has 6 unspecified atom stereocenters. The van der Waals surface area contributed by atoms with E-state index in [9.17, 15) is 43.2 Å². The number of nitrogens with one attached hydrogen (secondary N) is 10. The zero-order valence-electron chi connectivity index (χ0n) is 67.9. The van der Waals surface area contributed by atoms with Gasteiger partial charge in [0.2, 0.25) is 47.3 Å². The Hall–Kier alpha value is -13.0. The Morgan fingerprint density at radius 2 is 0.851 bits per heavy atom. The van der Waals surface area contributed by atoms with E-state index in [4.69, 9.17) is 33.3 Å². The summed E-state index contributed by atoms with van der Waals surface area (Å²) in [5.74, 6) is -5.48. The van der Waals surface area contributed by atoms with Crippen molar-refractivity contribution in [2.75, 3.05) is 26.2 Å². The van der Waals surface area contributed by atoms with Gasteiger partial charge in [0, 0.05) is 112 Å². The number of amides is 9. The number of carbonyl (C=O) groups excluding carboxylic acids is 9. The average molecular weight is 1730 g/mol. The standard InChI is InChI=1S/C70H91N17O9.2C10H8N2.Ru.H2/c1-43(2)58(87-67(93)51(27-13-15-35-71)80-56(88)30-10-5-17-37-78-65(91)47-33-31-46(32-34-47)64-85-61-48-24-18-38-76-59(48)60-49(62(61)86-64)25-19-39-77-60)70(96)79-42-57(89)81-53(40-44-20-6-3-7-21-44)68(94)84-54(41-45-22-8-4-9-23-45)69(95)83-52(28-14-16-36-72)66(92)82-50(63(75)90)26-11-12-29-55(73)74;2*1-3-7-11-9(5-1)10-6-2-4-8-12-10;;/h3-4,6-9,18-25,31-34,38-39,43,50-54,58H,5,10-17,26-30,35-37,40-42,71-72H2,1-2H3,(H3,73,74)(H2,75,90)(H,78,91)(H,79,96)(H,80,88)(H,81,89)(H,82,92)(H,83,95)(H,84,94)(H,85,86)(H,87,93);2*1-8H;;1H/i;;;;1+2. The molecule has 9 amide bonds. The molecule has 0 aliphatic heterocycles. The van der Waals surface area contributed by atoms with E-state index < -0.39 is 90.1 Å². The summed E-state index contributed by atoms with van der Waals surface area (Å²) in [6.07, 6.45) is 16.1. The Kier molecular flexibility index (Phi) is 38.7. The molecule has 7 heterocycles. The summed E-state index contributed by atoms with van der Waals surface area (Å²) in [4.78, 5) is 158. The molecule has 0 spiro atoms. The third kappa shape index (κ3) is 30.1. The molecule has 0 saturated heterocycles. The number of carbonyl (C=O) groups is 9. The molecule has 11 aromatic rings. The summed E-state index contributed by atoms with van der Waals surface area (Å²) < 4.78 is 0. The molecule has 0 bridgehead atoms. The van der Waals surface area contributed by atoms with Crippen LogP contribution >= 0.6 is 0 Å². The van der Waals surface area contributed by atoms with Crippen molar-refractivity contribution in [1.29, 1.82) is 5.41 Å². The van der Waals surface area contributed by atoms with Crippen LogP contribution < -0.4 is 65.5 Å². The SMILES string of the molecule is CC(C)C(NC(=O)C(CCCCN)NC(=O)CCCCCNC(=O)c1ccc(-c2nc3c4cccnc4c4ncccc4c3[nH]2)cc1)C(=O)NCC(=O)NC(Cc1ccccc1)C(=O)NC(Cc1ccccc1)C(=O)NC(CCCCN)C(=O)NC(CCCCC(=N)N)C(N)=O.[3HH].[Ru].c1ccc(-c2ccccn2)nc1.c1ccc(-c2ccccn2)nc1. The first-order valence-corrected chi connectivity index (χ1v) is 40.5. The van der Waals surface area contributed by atoms with Crippen molar-refractivity contribution in [3.8, 4) is 34.2 Å². The molecule has 7 aromatic heterocycles. The maximum atomic E-state index is 14.5. The fourth-order valence-corrected chi connectivity index (χ4v) is 13.2. The van der Waals surface area contributed by atoms with Crippen LogP contribution in [0.5, 0.6) is 0 Å². The number of H-pyrrole nitrogens is 1. The topological polar surface area (TPSA) is 484 Å². The number of hydrogen-bond donors (Lipinski definition) is 14. The van der Waals surface area contributed by atoms with E-state index in [0.717, 1.165) is 61.2 Å². The van der Waals surface area contributed by atoms with Gasteiger partial charge in [-0.3, -0.25) is 78.5 Å². The van der Waals surface area contributed by atoms with Gasteiger partial charge in [-0.1, -0.05) is 124 Å². The van der Waals surface area contributed by atoms with Crippen LogP contribution in [0.3, 0.4) is 0 Å². The first-order valence-electron chi connectivity index (χ1n) is 40.5. The van der Waals surface area contributed by atoms with Crippen LogP contribution in [-0.4, -0.2) is 161 Å². The number of primary amides is 1. The first kappa shape index (κ1) is 93.5. The molecular formula is C90H109N21O9Ru. The van der Waals surface area contributed by atoms with Crippen LogP contribution in [0.15, 0.2) is 219 Å². The molecule has 0 aliphatic carbocycles. The minimum atomic E-state index is -1.29. The molecular weight excluding hydrogens is 1620 g/mol. The van der Waals surface area contributed by atoms with Gasteiger partial charge in [-0.2, -0.15) is 0 Å². The van der Waals surface area contributed by atoms with Gasteiger partial charge in [-0.15, -0.1) is 0 Å². The molecule has 0 fully saturated rings. The fourth-order valence-electron chi connectivity index (χ4n) is 13.2. The third-order valence-electron chi connectivity index (χ3n) is 19.6. The summed E-state index contributed by atoms with van der Waals surface area (Å²) in [6.45, 7) is 3.86. The Morgan fingerprint density at radius 3 is 1.36 bits per heavy atom. The number of hydrogen-bond acceptors (Lipinski definition) is 19. The van der Waals surface area contributed by atoms with Crippen LogP contribution in [0.25, 0.3) is 67.0 Å². The van der Waals surface area contributed by atoms with E-state index >= 15 is 0 Å². The van der Waals surface area contributed by atoms with Crippen molar-refractivity contribution in [2.24, 2.45) is 28.9 Å². The van der Waals surface area contributed by atoms with Crippen molar-refractivity contribution in [3.63, 3.8) is 0 Å². The van der Waals surface area contributed by atoms with Gasteiger partial charge < -0.3 is 70.5 Å². The van der Waals surface area contributed by atoms with E-state index in [1.54, 1.807) is 124 Å². The van der Waals surface area contributed by atoms with Crippen LogP contribution in [0.2, 0.25) is 0 Å². The quantitative estimate of drug-likeness (QED) is 0.00560. The maximum Gasteiger partial charge on any atom is 0.251 e. The maximum absolute atomic E-state index is 14.5. The zero-order chi connectivity index (χ0) is 85.4. The number of amidine groups is 1. The van der Waals surface area contributed by atoms with Crippen molar-refractivity contribution in [2.45, 2.75) is 153 Å². The van der Waals surface area contributed by atoms with Crippen LogP contribution in [-0.2, 0) is 70.7 Å². The number of imidazole rings is 1. The van der Waals surface area contributed by atoms with E-state index in [0.29, 0.717) is 106 Å². The number of unbranched alkanes of at least 4 members (excludes halogenated alkanes) is 5. The summed E-state index contributed by atoms with van der Waals surface area (Å²) in [5.41, 5.74) is 32.1. The number of fused-ring (bicyclic) bond motifs is 6. The number of pyridine rings is 6. The minimum absolute atomic E-state index is 0. The molecule has 4 aromatic carbocycles. The Labute approximate surface area is 717 Å². The number of benzene rings is 4. The predicted octanol–water partition coefficient (Wildman–Crippen LogP) is 8.55. The van der Waals surface area contributed by atoms with Gasteiger partial charge >= 0.3 is 0 Å². The zero-order valence-corrected chi connectivity index (χ0v) is 69.7. The van der Waals surface area contributed by atoms with E-state index in [2.05, 4.69) is 77.4 Å². The predicted molar refractivity (Wildman–Crippen MR) is 465 cm³/mol. The summed E-state index contributed by atoms with van der Waals surface area (Å²) in [5, 5.41) is 31.4. The number of rotatable bonds is 42. The van der Waals surface area contributed by atoms with Crippen LogP contribution in [0.1, 0.15) is 127 Å². The Morgan fingerprint density at radius 1 is 0.413 bits per heavy atom. The second-order valence-corrected chi connectivity index (χ2v) is 29.1. The summed E-state index contributed by atoms with van der Waals surface area (Å²) in [7, 11) is 0. The number of aromatic nitrogens is 8. The first-order chi connectivity index (χ1) is 58.3. The van der Waals surface area contributed by atoms with Crippen LogP contribution in [0.4, 0.5) is 0 Å². The van der Waals surface area contributed by atoms with Gasteiger partial charge in [0.25, 0.3) is 5.91 Å². The van der Waals surface area contributed by atoms with Gasteiger partial charge in [-0.25, -0.2) is 4.98 Å². The van der Waals surface area contributed by atoms with Crippen LogP contribution in [0, 0.1) is 11.3 Å². The van der Waals surface area contributed by atoms with Crippen molar-refractivity contribution >= 4 is 91.8 Å². The Bertz CT molecular complexity index is 4910. The number of aromatic amines is 1. The van der Waals surface area contributed by atoms with E-state index in [1.807, 2.05) is 109 Å². The molecule has 636 valence electrons. The molecule has 18 N–H and O–H groups in total. The molecule has 6 atom stereocenters. The van der Waals surface area contributed by atoms with Gasteiger partial charge in [0.15, 0.2) is 0 Å². The second kappa shape index (κ2) is 50.1. The normalized spacial score (nSPS) is 12.3. The van der Waals surface area contributed by atoms with Gasteiger partial charge in [-0.05, 0) is 179 Å². The molecule has 31 heteroatoms. The average Bonchev–Trinajstić information content (AvgIpc) is 1.62. The summed E-state index contributed by atoms with van der Waals surface area (Å²) in [6, 6.07) is 48.7. The third-order valence-corrected chi connectivity index (χ3v) is 19.6. The van der Waals surface area contributed by atoms with Crippen molar-refractivity contribution < 1.29 is 64.1 Å². The molecule has 0 aliphatic rings. The number of nitrogens with zero attached hydrogens (tertiary/aromatic N) is 7. The Balaban J connectivity index is 0.000000666. The summed E-state index contributed by atoms with van der Waals surface area (Å²) >= 11 is 0. The van der Waals surface area contributed by atoms with Crippen molar-refractivity contribution in [1.82, 2.24) is 82.4 Å².